The number of nitrogens with one attached hydrogen (secondary N) is 1. The lowest BCUT2D eigenvalue weighted by Gasteiger charge is -2.33. The van der Waals surface area contributed by atoms with Crippen LogP contribution in [0, 0.1) is 5.92 Å². The first-order valence-corrected chi connectivity index (χ1v) is 8.26. The number of amides is 2. The summed E-state index contributed by atoms with van der Waals surface area (Å²) in [7, 11) is 0. The quantitative estimate of drug-likeness (QED) is 0.859. The summed E-state index contributed by atoms with van der Waals surface area (Å²) < 4.78 is 5.44. The number of morpholine rings is 1. The molecule has 1 heterocycles. The third kappa shape index (κ3) is 4.99. The number of carbonyl (C=O) groups is 2. The molecule has 5 nitrogen and oxygen atoms in total. The predicted octanol–water partition coefficient (Wildman–Crippen LogP) is 1.71. The minimum atomic E-state index is -0.439. The summed E-state index contributed by atoms with van der Waals surface area (Å²) in [5, 5.41) is 2.87. The monoisotopic (exact) mass is 296 g/mol. The second-order valence-corrected chi connectivity index (χ2v) is 6.46. The molecule has 0 bridgehead atoms. The van der Waals surface area contributed by atoms with Gasteiger partial charge < -0.3 is 15.0 Å². The van der Waals surface area contributed by atoms with Crippen LogP contribution in [0.25, 0.3) is 0 Å². The zero-order chi connectivity index (χ0) is 15.2. The molecule has 2 atom stereocenters. The van der Waals surface area contributed by atoms with Crippen LogP contribution in [0.2, 0.25) is 0 Å². The fourth-order valence-corrected chi connectivity index (χ4v) is 3.31. The number of rotatable bonds is 4. The number of nitrogens with zero attached hydrogens (tertiary/aromatic N) is 1. The lowest BCUT2D eigenvalue weighted by atomic mass is 9.87. The van der Waals surface area contributed by atoms with Gasteiger partial charge in [0.2, 0.25) is 11.8 Å². The van der Waals surface area contributed by atoms with Gasteiger partial charge in [0, 0.05) is 19.5 Å². The first-order chi connectivity index (χ1) is 10.1. The van der Waals surface area contributed by atoms with Crippen molar-refractivity contribution >= 4 is 11.8 Å². The maximum atomic E-state index is 12.3. The molecule has 5 heteroatoms. The Balaban J connectivity index is 1.75. The van der Waals surface area contributed by atoms with E-state index in [-0.39, 0.29) is 17.9 Å². The van der Waals surface area contributed by atoms with Gasteiger partial charge in [0.05, 0.1) is 12.7 Å². The Hall–Kier alpha value is -1.10. The van der Waals surface area contributed by atoms with Gasteiger partial charge in [-0.25, -0.2) is 0 Å². The van der Waals surface area contributed by atoms with Crippen molar-refractivity contribution in [2.45, 2.75) is 64.5 Å². The van der Waals surface area contributed by atoms with Crippen LogP contribution in [0.1, 0.15) is 52.4 Å². The van der Waals surface area contributed by atoms with Crippen LogP contribution < -0.4 is 5.32 Å². The average molecular weight is 296 g/mol. The largest absolute Gasteiger partial charge is 0.375 e. The van der Waals surface area contributed by atoms with Gasteiger partial charge in [0.15, 0.2) is 0 Å². The third-order valence-corrected chi connectivity index (χ3v) is 4.50. The standard InChI is InChI=1S/C16H28N2O3/c1-12-11-18(8-9-21-12)16(20)13(2)17-15(19)10-14-6-4-3-5-7-14/h12-14H,3-11H2,1-2H3,(H,17,19)/t12-,13+/m1/s1. The predicted molar refractivity (Wildman–Crippen MR) is 80.8 cm³/mol. The fraction of sp³-hybridized carbons (Fsp3) is 0.875. The van der Waals surface area contributed by atoms with Crippen molar-refractivity contribution in [1.29, 1.82) is 0 Å². The maximum absolute atomic E-state index is 12.3. The van der Waals surface area contributed by atoms with E-state index < -0.39 is 6.04 Å². The topological polar surface area (TPSA) is 58.6 Å². The van der Waals surface area contributed by atoms with Crippen LogP contribution in [0.5, 0.6) is 0 Å². The van der Waals surface area contributed by atoms with Crippen molar-refractivity contribution in [3.05, 3.63) is 0 Å². The average Bonchev–Trinajstić information content (AvgIpc) is 2.47. The lowest BCUT2D eigenvalue weighted by Crippen LogP contribution is -2.52. The molecule has 0 aromatic heterocycles. The summed E-state index contributed by atoms with van der Waals surface area (Å²) >= 11 is 0. The second-order valence-electron chi connectivity index (χ2n) is 6.46. The molecule has 0 aromatic rings. The van der Waals surface area contributed by atoms with Gasteiger partial charge in [-0.1, -0.05) is 19.3 Å². The normalized spacial score (nSPS) is 25.4. The minimum Gasteiger partial charge on any atom is -0.375 e. The van der Waals surface area contributed by atoms with E-state index in [1.54, 1.807) is 11.8 Å². The van der Waals surface area contributed by atoms with Gasteiger partial charge in [0.25, 0.3) is 0 Å². The van der Waals surface area contributed by atoms with E-state index in [1.165, 1.54) is 19.3 Å². The van der Waals surface area contributed by atoms with Gasteiger partial charge in [-0.15, -0.1) is 0 Å². The highest BCUT2D eigenvalue weighted by Gasteiger charge is 2.27. The van der Waals surface area contributed by atoms with Crippen LogP contribution >= 0.6 is 0 Å². The molecule has 0 spiro atoms. The molecule has 120 valence electrons. The van der Waals surface area contributed by atoms with Crippen LogP contribution in [-0.4, -0.2) is 48.6 Å². The number of hydrogen-bond donors (Lipinski definition) is 1. The number of ether oxygens (including phenoxy) is 1. The van der Waals surface area contributed by atoms with Crippen LogP contribution in [0.4, 0.5) is 0 Å². The summed E-state index contributed by atoms with van der Waals surface area (Å²) in [6.45, 7) is 5.55. The summed E-state index contributed by atoms with van der Waals surface area (Å²) in [5.41, 5.74) is 0. The second kappa shape index (κ2) is 7.78. The van der Waals surface area contributed by atoms with Crippen molar-refractivity contribution in [2.24, 2.45) is 5.92 Å². The van der Waals surface area contributed by atoms with Crippen molar-refractivity contribution in [3.63, 3.8) is 0 Å². The Morgan fingerprint density at radius 3 is 2.67 bits per heavy atom. The van der Waals surface area contributed by atoms with Gasteiger partial charge in [0.1, 0.15) is 6.04 Å². The van der Waals surface area contributed by atoms with Crippen molar-refractivity contribution in [1.82, 2.24) is 10.2 Å². The highest BCUT2D eigenvalue weighted by Crippen LogP contribution is 2.26. The molecule has 1 aliphatic carbocycles. The van der Waals surface area contributed by atoms with Crippen molar-refractivity contribution in [3.8, 4) is 0 Å². The molecule has 1 N–H and O–H groups in total. The van der Waals surface area contributed by atoms with E-state index in [4.69, 9.17) is 4.74 Å². The maximum Gasteiger partial charge on any atom is 0.245 e. The Morgan fingerprint density at radius 1 is 1.29 bits per heavy atom. The van der Waals surface area contributed by atoms with E-state index in [2.05, 4.69) is 5.32 Å². The summed E-state index contributed by atoms with van der Waals surface area (Å²) in [5.74, 6) is 0.524. The fourth-order valence-electron chi connectivity index (χ4n) is 3.31. The molecule has 2 rings (SSSR count). The van der Waals surface area contributed by atoms with Gasteiger partial charge in [-0.05, 0) is 32.6 Å². The highest BCUT2D eigenvalue weighted by molar-refractivity contribution is 5.87. The van der Waals surface area contributed by atoms with Crippen LogP contribution in [-0.2, 0) is 14.3 Å². The highest BCUT2D eigenvalue weighted by atomic mass is 16.5. The van der Waals surface area contributed by atoms with Crippen molar-refractivity contribution < 1.29 is 14.3 Å². The number of hydrogen-bond acceptors (Lipinski definition) is 3. The summed E-state index contributed by atoms with van der Waals surface area (Å²) in [6.07, 6.45) is 6.70. The Morgan fingerprint density at radius 2 is 2.00 bits per heavy atom. The van der Waals surface area contributed by atoms with Crippen molar-refractivity contribution in [2.75, 3.05) is 19.7 Å². The molecule has 1 aliphatic heterocycles. The molecule has 2 aliphatic rings. The first kappa shape index (κ1) is 16.3. The van der Waals surface area contributed by atoms with E-state index in [9.17, 15) is 9.59 Å². The Bertz CT molecular complexity index is 367. The molecule has 2 fully saturated rings. The molecule has 0 radical (unpaired) electrons. The van der Waals surface area contributed by atoms with E-state index in [0.717, 1.165) is 12.8 Å². The van der Waals surface area contributed by atoms with E-state index in [0.29, 0.717) is 32.0 Å². The SMILES string of the molecule is C[C@@H]1CN(C(=O)[C@H](C)NC(=O)CC2CCCCC2)CCO1. The molecular formula is C16H28N2O3. The molecule has 21 heavy (non-hydrogen) atoms. The zero-order valence-electron chi connectivity index (χ0n) is 13.3. The van der Waals surface area contributed by atoms with E-state index in [1.807, 2.05) is 6.92 Å². The lowest BCUT2D eigenvalue weighted by molar-refractivity contribution is -0.142. The van der Waals surface area contributed by atoms with Gasteiger partial charge in [-0.2, -0.15) is 0 Å². The number of carbonyl (C=O) groups excluding carboxylic acids is 2. The molecule has 2 amide bonds. The molecule has 0 aromatic carbocycles. The summed E-state index contributed by atoms with van der Waals surface area (Å²) in [4.78, 5) is 26.2. The third-order valence-electron chi connectivity index (χ3n) is 4.50. The van der Waals surface area contributed by atoms with E-state index >= 15 is 0 Å². The van der Waals surface area contributed by atoms with Gasteiger partial charge in [-0.3, -0.25) is 9.59 Å². The Labute approximate surface area is 127 Å². The van der Waals surface area contributed by atoms with Crippen LogP contribution in [0.3, 0.4) is 0 Å². The minimum absolute atomic E-state index is 0.00199. The molecular weight excluding hydrogens is 268 g/mol. The summed E-state index contributed by atoms with van der Waals surface area (Å²) in [6, 6.07) is -0.439. The zero-order valence-corrected chi connectivity index (χ0v) is 13.3. The van der Waals surface area contributed by atoms with Crippen LogP contribution in [0.15, 0.2) is 0 Å². The molecule has 1 saturated heterocycles. The molecule has 0 unspecified atom stereocenters. The van der Waals surface area contributed by atoms with Gasteiger partial charge >= 0.3 is 0 Å². The molecule has 1 saturated carbocycles. The Kier molecular flexibility index (Phi) is 6.03. The smallest absolute Gasteiger partial charge is 0.245 e. The first-order valence-electron chi connectivity index (χ1n) is 8.26.